The zero-order valence-electron chi connectivity index (χ0n) is 13.0. The van der Waals surface area contributed by atoms with Crippen LogP contribution in [0.1, 0.15) is 21.6 Å². The molecule has 0 saturated heterocycles. The molecule has 0 spiro atoms. The van der Waals surface area contributed by atoms with E-state index in [1.807, 2.05) is 61.5 Å². The zero-order chi connectivity index (χ0) is 16.2. The number of aliphatic hydroxyl groups excluding tert-OH is 1. The summed E-state index contributed by atoms with van der Waals surface area (Å²) in [5.41, 5.74) is 3.67. The van der Waals surface area contributed by atoms with Gasteiger partial charge in [-0.1, -0.05) is 48.5 Å². The molecular weight excluding hydrogens is 288 g/mol. The molecule has 0 fully saturated rings. The van der Waals surface area contributed by atoms with E-state index in [2.05, 4.69) is 10.3 Å². The van der Waals surface area contributed by atoms with Crippen molar-refractivity contribution in [1.82, 2.24) is 10.3 Å². The number of aryl methyl sites for hydroxylation is 1. The number of carbonyl (C=O) groups excluding carboxylic acids is 1. The summed E-state index contributed by atoms with van der Waals surface area (Å²) in [7, 11) is 0. The lowest BCUT2D eigenvalue weighted by molar-refractivity contribution is 0.0912. The van der Waals surface area contributed by atoms with Gasteiger partial charge in [-0.3, -0.25) is 4.79 Å². The van der Waals surface area contributed by atoms with E-state index in [0.29, 0.717) is 12.1 Å². The molecule has 4 nitrogen and oxygen atoms in total. The number of para-hydroxylation sites is 1. The van der Waals surface area contributed by atoms with Crippen LogP contribution < -0.4 is 5.32 Å². The van der Waals surface area contributed by atoms with Gasteiger partial charge in [0.05, 0.1) is 12.6 Å². The largest absolute Gasteiger partial charge is 0.394 e. The number of aliphatic hydroxyl groups is 1. The van der Waals surface area contributed by atoms with E-state index in [4.69, 9.17) is 0 Å². The topological polar surface area (TPSA) is 65.1 Å². The highest BCUT2D eigenvalue weighted by Gasteiger charge is 2.15. The first kappa shape index (κ1) is 15.3. The van der Waals surface area contributed by atoms with E-state index < -0.39 is 0 Å². The highest BCUT2D eigenvalue weighted by Crippen LogP contribution is 2.18. The fourth-order valence-electron chi connectivity index (χ4n) is 2.75. The van der Waals surface area contributed by atoms with E-state index in [9.17, 15) is 9.90 Å². The lowest BCUT2D eigenvalue weighted by Crippen LogP contribution is -2.39. The zero-order valence-corrected chi connectivity index (χ0v) is 13.0. The number of aromatic amines is 1. The number of fused-ring (bicyclic) bond motifs is 1. The molecule has 0 aliphatic carbocycles. The highest BCUT2D eigenvalue weighted by atomic mass is 16.3. The molecule has 0 radical (unpaired) electrons. The van der Waals surface area contributed by atoms with Crippen LogP contribution in [0.2, 0.25) is 0 Å². The average molecular weight is 308 g/mol. The number of carbonyl (C=O) groups is 1. The monoisotopic (exact) mass is 308 g/mol. The van der Waals surface area contributed by atoms with E-state index in [1.165, 1.54) is 0 Å². The Kier molecular flexibility index (Phi) is 4.44. The summed E-state index contributed by atoms with van der Waals surface area (Å²) in [4.78, 5) is 15.6. The van der Waals surface area contributed by atoms with Gasteiger partial charge in [0, 0.05) is 10.9 Å². The normalized spacial score (nSPS) is 12.3. The van der Waals surface area contributed by atoms with Crippen molar-refractivity contribution in [1.29, 1.82) is 0 Å². The quantitative estimate of drug-likeness (QED) is 0.678. The summed E-state index contributed by atoms with van der Waals surface area (Å²) in [6.45, 7) is 1.91. The van der Waals surface area contributed by atoms with Crippen molar-refractivity contribution in [2.45, 2.75) is 19.4 Å². The first-order valence-corrected chi connectivity index (χ1v) is 7.71. The number of nitrogens with one attached hydrogen (secondary N) is 2. The standard InChI is InChI=1S/C19H20N2O2/c1-13-6-5-9-15-11-17(21-18(13)15)19(23)20-16(12-22)10-14-7-3-2-4-8-14/h2-9,11,16,21-22H,10,12H2,1H3,(H,20,23)/t16-/m1/s1. The third-order valence-electron chi connectivity index (χ3n) is 3.99. The Morgan fingerprint density at radius 2 is 1.96 bits per heavy atom. The van der Waals surface area contributed by atoms with Crippen LogP contribution in [0.4, 0.5) is 0 Å². The second-order valence-corrected chi connectivity index (χ2v) is 5.76. The Balaban J connectivity index is 1.74. The van der Waals surface area contributed by atoms with Gasteiger partial charge in [-0.15, -0.1) is 0 Å². The SMILES string of the molecule is Cc1cccc2cc(C(=O)N[C@@H](CO)Cc3ccccc3)[nH]c12. The summed E-state index contributed by atoms with van der Waals surface area (Å²) in [5, 5.41) is 13.4. The summed E-state index contributed by atoms with van der Waals surface area (Å²) in [6, 6.07) is 17.3. The van der Waals surface area contributed by atoms with Crippen molar-refractivity contribution in [2.24, 2.45) is 0 Å². The Bertz CT molecular complexity index is 809. The van der Waals surface area contributed by atoms with Gasteiger partial charge in [-0.05, 0) is 30.5 Å². The van der Waals surface area contributed by atoms with E-state index in [-0.39, 0.29) is 18.6 Å². The van der Waals surface area contributed by atoms with Crippen molar-refractivity contribution in [3.8, 4) is 0 Å². The molecule has 0 unspecified atom stereocenters. The summed E-state index contributed by atoms with van der Waals surface area (Å²) < 4.78 is 0. The minimum absolute atomic E-state index is 0.0973. The fraction of sp³-hybridized carbons (Fsp3) is 0.211. The van der Waals surface area contributed by atoms with Crippen LogP contribution in [0.5, 0.6) is 0 Å². The molecule has 3 aromatic rings. The van der Waals surface area contributed by atoms with Gasteiger partial charge in [0.1, 0.15) is 5.69 Å². The highest BCUT2D eigenvalue weighted by molar-refractivity contribution is 5.98. The number of hydrogen-bond acceptors (Lipinski definition) is 2. The molecule has 1 aromatic heterocycles. The Hall–Kier alpha value is -2.59. The van der Waals surface area contributed by atoms with Crippen LogP contribution in [0.15, 0.2) is 54.6 Å². The lowest BCUT2D eigenvalue weighted by atomic mass is 10.1. The first-order chi connectivity index (χ1) is 11.2. The number of hydrogen-bond donors (Lipinski definition) is 3. The molecule has 3 rings (SSSR count). The van der Waals surface area contributed by atoms with Gasteiger partial charge in [-0.2, -0.15) is 0 Å². The molecule has 118 valence electrons. The Morgan fingerprint density at radius 1 is 1.17 bits per heavy atom. The summed E-state index contributed by atoms with van der Waals surface area (Å²) >= 11 is 0. The van der Waals surface area contributed by atoms with Crippen LogP contribution in [0.3, 0.4) is 0 Å². The average Bonchev–Trinajstić information content (AvgIpc) is 3.01. The number of benzene rings is 2. The predicted octanol–water partition coefficient (Wildman–Crippen LogP) is 2.81. The van der Waals surface area contributed by atoms with E-state index in [1.54, 1.807) is 0 Å². The second kappa shape index (κ2) is 6.67. The smallest absolute Gasteiger partial charge is 0.268 e. The minimum atomic E-state index is -0.308. The van der Waals surface area contributed by atoms with Crippen molar-refractivity contribution in [2.75, 3.05) is 6.61 Å². The first-order valence-electron chi connectivity index (χ1n) is 7.71. The molecule has 23 heavy (non-hydrogen) atoms. The number of rotatable bonds is 5. The molecule has 1 heterocycles. The van der Waals surface area contributed by atoms with Crippen LogP contribution >= 0.6 is 0 Å². The predicted molar refractivity (Wildman–Crippen MR) is 91.5 cm³/mol. The molecule has 0 saturated carbocycles. The Labute approximate surface area is 135 Å². The molecule has 2 aromatic carbocycles. The van der Waals surface area contributed by atoms with E-state index in [0.717, 1.165) is 22.0 Å². The molecule has 3 N–H and O–H groups in total. The number of H-pyrrole nitrogens is 1. The number of amides is 1. The molecule has 0 bridgehead atoms. The van der Waals surface area contributed by atoms with Gasteiger partial charge >= 0.3 is 0 Å². The molecule has 1 atom stereocenters. The van der Waals surface area contributed by atoms with Crippen LogP contribution in [-0.2, 0) is 6.42 Å². The molecule has 4 heteroatoms. The van der Waals surface area contributed by atoms with Gasteiger partial charge in [0.15, 0.2) is 0 Å². The van der Waals surface area contributed by atoms with Crippen molar-refractivity contribution in [3.63, 3.8) is 0 Å². The van der Waals surface area contributed by atoms with Crippen molar-refractivity contribution in [3.05, 3.63) is 71.4 Å². The summed E-state index contributed by atoms with van der Waals surface area (Å²) in [5.74, 6) is -0.199. The maximum absolute atomic E-state index is 12.4. The minimum Gasteiger partial charge on any atom is -0.394 e. The maximum Gasteiger partial charge on any atom is 0.268 e. The Morgan fingerprint density at radius 3 is 2.65 bits per heavy atom. The maximum atomic E-state index is 12.4. The van der Waals surface area contributed by atoms with Gasteiger partial charge in [-0.25, -0.2) is 0 Å². The third kappa shape index (κ3) is 3.43. The van der Waals surface area contributed by atoms with Gasteiger partial charge in [0.2, 0.25) is 0 Å². The van der Waals surface area contributed by atoms with Crippen LogP contribution in [0, 0.1) is 6.92 Å². The number of aromatic nitrogens is 1. The molecule has 0 aliphatic rings. The van der Waals surface area contributed by atoms with Crippen molar-refractivity contribution < 1.29 is 9.90 Å². The van der Waals surface area contributed by atoms with E-state index >= 15 is 0 Å². The second-order valence-electron chi connectivity index (χ2n) is 5.76. The van der Waals surface area contributed by atoms with Crippen LogP contribution in [-0.4, -0.2) is 28.6 Å². The van der Waals surface area contributed by atoms with Crippen molar-refractivity contribution >= 4 is 16.8 Å². The van der Waals surface area contributed by atoms with Crippen LogP contribution in [0.25, 0.3) is 10.9 Å². The van der Waals surface area contributed by atoms with Gasteiger partial charge in [0.25, 0.3) is 5.91 Å². The van der Waals surface area contributed by atoms with Gasteiger partial charge < -0.3 is 15.4 Å². The fourth-order valence-corrected chi connectivity index (χ4v) is 2.75. The molecule has 0 aliphatic heterocycles. The lowest BCUT2D eigenvalue weighted by Gasteiger charge is -2.15. The third-order valence-corrected chi connectivity index (χ3v) is 3.99. The summed E-state index contributed by atoms with van der Waals surface area (Å²) in [6.07, 6.45) is 0.600. The molecular formula is C19H20N2O2. The molecule has 1 amide bonds.